The van der Waals surface area contributed by atoms with E-state index in [0.717, 1.165) is 12.5 Å². The van der Waals surface area contributed by atoms with Crippen LogP contribution in [0.5, 0.6) is 0 Å². The first-order valence-electron chi connectivity index (χ1n) is 8.26. The minimum Gasteiger partial charge on any atom is -0.309 e. The minimum atomic E-state index is 0.531. The highest BCUT2D eigenvalue weighted by Gasteiger charge is 2.24. The molecule has 1 fully saturated rings. The second kappa shape index (κ2) is 8.74. The van der Waals surface area contributed by atoms with Gasteiger partial charge in [0.2, 0.25) is 0 Å². The average Bonchev–Trinajstić information content (AvgIpc) is 2.42. The third-order valence-electron chi connectivity index (χ3n) is 4.19. The highest BCUT2D eigenvalue weighted by molar-refractivity contribution is 7.99. The molecule has 0 spiro atoms. The van der Waals surface area contributed by atoms with E-state index in [2.05, 4.69) is 55.2 Å². The van der Waals surface area contributed by atoms with Gasteiger partial charge in [-0.15, -0.1) is 0 Å². The van der Waals surface area contributed by atoms with Gasteiger partial charge in [0.15, 0.2) is 0 Å². The number of hydrogen-bond acceptors (Lipinski definition) is 2. The highest BCUT2D eigenvalue weighted by Crippen LogP contribution is 2.39. The van der Waals surface area contributed by atoms with Crippen molar-refractivity contribution in [3.63, 3.8) is 0 Å². The van der Waals surface area contributed by atoms with Gasteiger partial charge in [-0.3, -0.25) is 0 Å². The van der Waals surface area contributed by atoms with E-state index >= 15 is 0 Å². The van der Waals surface area contributed by atoms with Gasteiger partial charge in [0.25, 0.3) is 0 Å². The van der Waals surface area contributed by atoms with E-state index in [1.54, 1.807) is 11.1 Å². The maximum Gasteiger partial charge on any atom is 0.0414 e. The molecule has 0 aromatic heterocycles. The van der Waals surface area contributed by atoms with Gasteiger partial charge in [-0.2, -0.15) is 11.8 Å². The summed E-state index contributed by atoms with van der Waals surface area (Å²) in [5, 5.41) is 3.77. The zero-order valence-electron chi connectivity index (χ0n) is 13.0. The Hall–Kier alpha value is -0.470. The van der Waals surface area contributed by atoms with Crippen LogP contribution in [0, 0.1) is 0 Å². The maximum absolute atomic E-state index is 3.77. The fourth-order valence-corrected chi connectivity index (χ4v) is 3.83. The van der Waals surface area contributed by atoms with Crippen LogP contribution in [0.25, 0.3) is 0 Å². The largest absolute Gasteiger partial charge is 0.309 e. The number of rotatable bonds is 9. The van der Waals surface area contributed by atoms with Crippen molar-refractivity contribution >= 4 is 11.8 Å². The van der Waals surface area contributed by atoms with Gasteiger partial charge in [0.1, 0.15) is 0 Å². The topological polar surface area (TPSA) is 12.0 Å². The van der Waals surface area contributed by atoms with Crippen molar-refractivity contribution in [2.24, 2.45) is 0 Å². The molecule has 1 unspecified atom stereocenters. The molecule has 20 heavy (non-hydrogen) atoms. The molecule has 1 aliphatic carbocycles. The first-order valence-corrected chi connectivity index (χ1v) is 9.42. The maximum atomic E-state index is 3.77. The van der Waals surface area contributed by atoms with Gasteiger partial charge >= 0.3 is 0 Å². The Labute approximate surface area is 128 Å². The fraction of sp³-hybridized carbons (Fsp3) is 0.667. The van der Waals surface area contributed by atoms with Crippen LogP contribution in [0.4, 0.5) is 0 Å². The summed E-state index contributed by atoms with van der Waals surface area (Å²) in [5.74, 6) is 3.31. The second-order valence-electron chi connectivity index (χ2n) is 5.84. The lowest BCUT2D eigenvalue weighted by Gasteiger charge is -2.31. The van der Waals surface area contributed by atoms with Crippen molar-refractivity contribution in [2.45, 2.75) is 57.9 Å². The molecular weight excluding hydrogens is 262 g/mol. The molecule has 0 saturated heterocycles. The summed E-state index contributed by atoms with van der Waals surface area (Å²) in [5.41, 5.74) is 3.18. The summed E-state index contributed by atoms with van der Waals surface area (Å²) in [6, 6.07) is 9.68. The van der Waals surface area contributed by atoms with E-state index in [4.69, 9.17) is 0 Å². The third kappa shape index (κ3) is 4.26. The lowest BCUT2D eigenvalue weighted by molar-refractivity contribution is 0.413. The molecule has 1 aliphatic rings. The molecule has 0 amide bonds. The van der Waals surface area contributed by atoms with Crippen LogP contribution >= 0.6 is 11.8 Å². The summed E-state index contributed by atoms with van der Waals surface area (Å²) in [4.78, 5) is 0. The Balaban J connectivity index is 2.09. The van der Waals surface area contributed by atoms with Crippen molar-refractivity contribution in [1.29, 1.82) is 0 Å². The van der Waals surface area contributed by atoms with Gasteiger partial charge < -0.3 is 5.32 Å². The van der Waals surface area contributed by atoms with Crippen molar-refractivity contribution < 1.29 is 0 Å². The predicted octanol–water partition coefficient (Wildman–Crippen LogP) is 5.14. The first kappa shape index (κ1) is 15.9. The van der Waals surface area contributed by atoms with E-state index in [1.807, 2.05) is 0 Å². The lowest BCUT2D eigenvalue weighted by Crippen LogP contribution is -2.26. The van der Waals surface area contributed by atoms with Crippen molar-refractivity contribution in [1.82, 2.24) is 5.32 Å². The zero-order valence-corrected chi connectivity index (χ0v) is 13.8. The highest BCUT2D eigenvalue weighted by atomic mass is 32.2. The zero-order chi connectivity index (χ0) is 14.2. The van der Waals surface area contributed by atoms with Gasteiger partial charge in [0.05, 0.1) is 0 Å². The van der Waals surface area contributed by atoms with Gasteiger partial charge in [-0.1, -0.05) is 44.5 Å². The molecular formula is C18H29NS. The normalized spacial score (nSPS) is 16.9. The van der Waals surface area contributed by atoms with Gasteiger partial charge in [0, 0.05) is 11.8 Å². The van der Waals surface area contributed by atoms with Crippen molar-refractivity contribution in [3.05, 3.63) is 35.4 Å². The number of benzene rings is 1. The van der Waals surface area contributed by atoms with Crippen LogP contribution in [-0.2, 0) is 0 Å². The molecule has 2 heteroatoms. The number of hydrogen-bond donors (Lipinski definition) is 1. The molecule has 0 radical (unpaired) electrons. The summed E-state index contributed by atoms with van der Waals surface area (Å²) < 4.78 is 0. The standard InChI is InChI=1S/C18H29NS/c1-3-12-19-18(14-20-13-4-2)17-11-6-5-10-16(17)15-8-7-9-15/h5-6,10-11,15,18-19H,3-4,7-9,12-14H2,1-2H3. The van der Waals surface area contributed by atoms with Gasteiger partial charge in [-0.25, -0.2) is 0 Å². The van der Waals surface area contributed by atoms with Crippen molar-refractivity contribution in [2.75, 3.05) is 18.1 Å². The van der Waals surface area contributed by atoms with Crippen LogP contribution in [0.3, 0.4) is 0 Å². The molecule has 0 heterocycles. The number of thioether (sulfide) groups is 1. The van der Waals surface area contributed by atoms with Crippen LogP contribution < -0.4 is 5.32 Å². The molecule has 0 bridgehead atoms. The molecule has 1 N–H and O–H groups in total. The molecule has 2 rings (SSSR count). The fourth-order valence-electron chi connectivity index (χ4n) is 2.84. The Morgan fingerprint density at radius 2 is 2.00 bits per heavy atom. The Morgan fingerprint density at radius 3 is 2.65 bits per heavy atom. The summed E-state index contributed by atoms with van der Waals surface area (Å²) >= 11 is 2.09. The summed E-state index contributed by atoms with van der Waals surface area (Å²) in [6.45, 7) is 5.64. The Morgan fingerprint density at radius 1 is 1.20 bits per heavy atom. The quantitative estimate of drug-likeness (QED) is 0.632. The van der Waals surface area contributed by atoms with Crippen LogP contribution in [-0.4, -0.2) is 18.1 Å². The smallest absolute Gasteiger partial charge is 0.0414 e. The summed E-state index contributed by atoms with van der Waals surface area (Å²) in [7, 11) is 0. The number of nitrogens with one attached hydrogen (secondary N) is 1. The molecule has 1 atom stereocenters. The molecule has 112 valence electrons. The van der Waals surface area contributed by atoms with Crippen LogP contribution in [0.15, 0.2) is 24.3 Å². The van der Waals surface area contributed by atoms with E-state index in [0.29, 0.717) is 6.04 Å². The second-order valence-corrected chi connectivity index (χ2v) is 6.99. The Bertz CT molecular complexity index is 387. The molecule has 1 saturated carbocycles. The third-order valence-corrected chi connectivity index (χ3v) is 5.46. The first-order chi connectivity index (χ1) is 9.86. The lowest BCUT2D eigenvalue weighted by atomic mass is 9.77. The molecule has 1 nitrogen and oxygen atoms in total. The molecule has 1 aromatic rings. The minimum absolute atomic E-state index is 0.531. The molecule has 0 aliphatic heterocycles. The monoisotopic (exact) mass is 291 g/mol. The van der Waals surface area contributed by atoms with Gasteiger partial charge in [-0.05, 0) is 55.0 Å². The van der Waals surface area contributed by atoms with Crippen molar-refractivity contribution in [3.8, 4) is 0 Å². The molecule has 1 aromatic carbocycles. The predicted molar refractivity (Wildman–Crippen MR) is 91.7 cm³/mol. The van der Waals surface area contributed by atoms with E-state index < -0.39 is 0 Å². The Kier molecular flexibility index (Phi) is 6.95. The van der Waals surface area contributed by atoms with E-state index in [1.165, 1.54) is 43.6 Å². The van der Waals surface area contributed by atoms with E-state index in [-0.39, 0.29) is 0 Å². The SMILES string of the molecule is CCCNC(CSCCC)c1ccccc1C1CCC1. The summed E-state index contributed by atoms with van der Waals surface area (Å²) in [6.07, 6.45) is 6.67. The van der Waals surface area contributed by atoms with Crippen LogP contribution in [0.2, 0.25) is 0 Å². The average molecular weight is 292 g/mol. The van der Waals surface area contributed by atoms with E-state index in [9.17, 15) is 0 Å². The van der Waals surface area contributed by atoms with Crippen LogP contribution in [0.1, 0.15) is 69.0 Å².